The molecule has 1 aromatic heterocycles. The number of aliphatic hydroxyl groups is 1. The number of aryl methyl sites for hydroxylation is 1. The highest BCUT2D eigenvalue weighted by molar-refractivity contribution is 6.46. The average molecular weight is 483 g/mol. The van der Waals surface area contributed by atoms with Crippen molar-refractivity contribution in [2.75, 3.05) is 7.11 Å². The SMILES string of the molecule is COc1ccc(/C(O)=C2/C(=O)C(=O)N(Cc3ccncc3)C2c2ccc(Cl)c(Cl)c2)cc1C. The standard InChI is InChI=1S/C25H20Cl2N2O4/c1-14-11-17(4-6-20(14)33-2)23(30)21-22(16-3-5-18(26)19(27)12-16)29(25(32)24(21)31)13-15-7-9-28-10-8-15/h3-12,22,30H,13H2,1-2H3/b23-21-. The number of nitrogens with zero attached hydrogens (tertiary/aromatic N) is 2. The number of hydrogen-bond acceptors (Lipinski definition) is 5. The van der Waals surface area contributed by atoms with Gasteiger partial charge < -0.3 is 14.7 Å². The molecular formula is C25H20Cl2N2O4. The number of carbonyl (C=O) groups is 2. The van der Waals surface area contributed by atoms with Crippen molar-refractivity contribution in [2.24, 2.45) is 0 Å². The Bertz CT molecular complexity index is 1270. The fourth-order valence-corrected chi connectivity index (χ4v) is 4.24. The number of carbonyl (C=O) groups excluding carboxylic acids is 2. The minimum Gasteiger partial charge on any atom is -0.507 e. The van der Waals surface area contributed by atoms with Crippen LogP contribution >= 0.6 is 23.2 Å². The van der Waals surface area contributed by atoms with Crippen LogP contribution in [0.4, 0.5) is 0 Å². The first-order chi connectivity index (χ1) is 15.8. The smallest absolute Gasteiger partial charge is 0.295 e. The summed E-state index contributed by atoms with van der Waals surface area (Å²) in [6.07, 6.45) is 3.22. The van der Waals surface area contributed by atoms with Crippen LogP contribution in [0.5, 0.6) is 5.75 Å². The Kier molecular flexibility index (Phi) is 6.40. The molecule has 168 valence electrons. The van der Waals surface area contributed by atoms with Crippen LogP contribution in [-0.4, -0.2) is 33.8 Å². The molecular weight excluding hydrogens is 463 g/mol. The lowest BCUT2D eigenvalue weighted by Gasteiger charge is -2.25. The van der Waals surface area contributed by atoms with E-state index in [0.717, 1.165) is 11.1 Å². The van der Waals surface area contributed by atoms with E-state index >= 15 is 0 Å². The summed E-state index contributed by atoms with van der Waals surface area (Å²) in [6.45, 7) is 1.98. The Morgan fingerprint density at radius 1 is 1.06 bits per heavy atom. The minimum absolute atomic E-state index is 0.0167. The van der Waals surface area contributed by atoms with Gasteiger partial charge in [0.15, 0.2) is 0 Å². The third-order valence-electron chi connectivity index (χ3n) is 5.57. The summed E-state index contributed by atoms with van der Waals surface area (Å²) in [4.78, 5) is 31.7. The average Bonchev–Trinajstić information content (AvgIpc) is 3.06. The van der Waals surface area contributed by atoms with E-state index in [1.807, 2.05) is 6.92 Å². The first-order valence-corrected chi connectivity index (χ1v) is 10.8. The number of methoxy groups -OCH3 is 1. The maximum absolute atomic E-state index is 13.2. The summed E-state index contributed by atoms with van der Waals surface area (Å²) in [7, 11) is 1.55. The van der Waals surface area contributed by atoms with Crippen LogP contribution in [0.25, 0.3) is 5.76 Å². The number of pyridine rings is 1. The molecule has 1 aliphatic heterocycles. The molecule has 1 atom stereocenters. The zero-order valence-corrected chi connectivity index (χ0v) is 19.4. The number of ketones is 1. The monoisotopic (exact) mass is 482 g/mol. The van der Waals surface area contributed by atoms with Gasteiger partial charge in [-0.3, -0.25) is 14.6 Å². The molecule has 4 rings (SSSR count). The molecule has 6 nitrogen and oxygen atoms in total. The van der Waals surface area contributed by atoms with E-state index in [4.69, 9.17) is 27.9 Å². The Morgan fingerprint density at radius 3 is 2.42 bits per heavy atom. The van der Waals surface area contributed by atoms with Crippen molar-refractivity contribution < 1.29 is 19.4 Å². The molecule has 1 amide bonds. The summed E-state index contributed by atoms with van der Waals surface area (Å²) in [5, 5.41) is 11.8. The van der Waals surface area contributed by atoms with Gasteiger partial charge in [-0.15, -0.1) is 0 Å². The maximum Gasteiger partial charge on any atom is 0.295 e. The first-order valence-electron chi connectivity index (χ1n) is 10.1. The highest BCUT2D eigenvalue weighted by Crippen LogP contribution is 2.42. The van der Waals surface area contributed by atoms with Crippen molar-refractivity contribution in [3.8, 4) is 5.75 Å². The Morgan fingerprint density at radius 2 is 1.79 bits per heavy atom. The lowest BCUT2D eigenvalue weighted by molar-refractivity contribution is -0.140. The zero-order chi connectivity index (χ0) is 23.7. The van der Waals surface area contributed by atoms with Gasteiger partial charge in [-0.25, -0.2) is 0 Å². The zero-order valence-electron chi connectivity index (χ0n) is 17.9. The molecule has 0 saturated carbocycles. The molecule has 0 spiro atoms. The number of Topliss-reactive ketones (excluding diaryl/α,β-unsaturated/α-hetero) is 1. The molecule has 8 heteroatoms. The van der Waals surface area contributed by atoms with Crippen LogP contribution in [0.15, 0.2) is 66.5 Å². The second kappa shape index (κ2) is 9.25. The van der Waals surface area contributed by atoms with Crippen LogP contribution in [0, 0.1) is 6.92 Å². The van der Waals surface area contributed by atoms with Crippen molar-refractivity contribution in [3.05, 3.63) is 98.8 Å². The van der Waals surface area contributed by atoms with Gasteiger partial charge in [0, 0.05) is 24.5 Å². The number of rotatable bonds is 5. The van der Waals surface area contributed by atoms with Crippen LogP contribution in [-0.2, 0) is 16.1 Å². The second-order valence-corrected chi connectivity index (χ2v) is 8.45. The summed E-state index contributed by atoms with van der Waals surface area (Å²) >= 11 is 12.3. The van der Waals surface area contributed by atoms with Gasteiger partial charge >= 0.3 is 0 Å². The fourth-order valence-electron chi connectivity index (χ4n) is 3.94. The molecule has 1 unspecified atom stereocenters. The van der Waals surface area contributed by atoms with E-state index < -0.39 is 17.7 Å². The van der Waals surface area contributed by atoms with Gasteiger partial charge in [-0.1, -0.05) is 29.3 Å². The van der Waals surface area contributed by atoms with Crippen molar-refractivity contribution in [3.63, 3.8) is 0 Å². The molecule has 3 aromatic rings. The number of ether oxygens (including phenoxy) is 1. The molecule has 0 radical (unpaired) electrons. The summed E-state index contributed by atoms with van der Waals surface area (Å²) in [5.41, 5.74) is 2.51. The van der Waals surface area contributed by atoms with Crippen molar-refractivity contribution >= 4 is 40.7 Å². The normalized spacial score (nSPS) is 17.5. The second-order valence-electron chi connectivity index (χ2n) is 7.64. The summed E-state index contributed by atoms with van der Waals surface area (Å²) < 4.78 is 5.28. The van der Waals surface area contributed by atoms with E-state index in [-0.39, 0.29) is 22.9 Å². The predicted octanol–water partition coefficient (Wildman–Crippen LogP) is 5.33. The van der Waals surface area contributed by atoms with Gasteiger partial charge in [0.1, 0.15) is 11.5 Å². The van der Waals surface area contributed by atoms with E-state index in [9.17, 15) is 14.7 Å². The van der Waals surface area contributed by atoms with Crippen LogP contribution in [0.2, 0.25) is 10.0 Å². The van der Waals surface area contributed by atoms with Crippen LogP contribution in [0.3, 0.4) is 0 Å². The van der Waals surface area contributed by atoms with Crippen molar-refractivity contribution in [1.29, 1.82) is 0 Å². The number of halogens is 2. The Labute approximate surface area is 201 Å². The fraction of sp³-hybridized carbons (Fsp3) is 0.160. The quantitative estimate of drug-likeness (QED) is 0.302. The maximum atomic E-state index is 13.2. The Balaban J connectivity index is 1.88. The molecule has 0 aliphatic carbocycles. The highest BCUT2D eigenvalue weighted by Gasteiger charge is 2.46. The molecule has 2 aromatic carbocycles. The molecule has 33 heavy (non-hydrogen) atoms. The molecule has 0 bridgehead atoms. The largest absolute Gasteiger partial charge is 0.507 e. The minimum atomic E-state index is -0.852. The van der Waals surface area contributed by atoms with E-state index in [1.165, 1.54) is 4.90 Å². The van der Waals surface area contributed by atoms with Gasteiger partial charge in [0.2, 0.25) is 0 Å². The number of hydrogen-bond donors (Lipinski definition) is 1. The number of aliphatic hydroxyl groups excluding tert-OH is 1. The van der Waals surface area contributed by atoms with Gasteiger partial charge in [-0.05, 0) is 66.1 Å². The summed E-state index contributed by atoms with van der Waals surface area (Å²) in [5.74, 6) is -1.11. The molecule has 1 saturated heterocycles. The number of amides is 1. The van der Waals surface area contributed by atoms with Crippen molar-refractivity contribution in [2.45, 2.75) is 19.5 Å². The lowest BCUT2D eigenvalue weighted by atomic mass is 9.94. The molecule has 1 N–H and O–H groups in total. The molecule has 1 fully saturated rings. The molecule has 2 heterocycles. The summed E-state index contributed by atoms with van der Waals surface area (Å²) in [6, 6.07) is 12.6. The third-order valence-corrected chi connectivity index (χ3v) is 6.31. The van der Waals surface area contributed by atoms with Gasteiger partial charge in [-0.2, -0.15) is 0 Å². The molecule has 1 aliphatic rings. The van der Waals surface area contributed by atoms with E-state index in [2.05, 4.69) is 4.98 Å². The number of benzene rings is 2. The van der Waals surface area contributed by atoms with E-state index in [1.54, 1.807) is 68.0 Å². The van der Waals surface area contributed by atoms with Crippen molar-refractivity contribution in [1.82, 2.24) is 9.88 Å². The number of aromatic nitrogens is 1. The highest BCUT2D eigenvalue weighted by atomic mass is 35.5. The third kappa shape index (κ3) is 4.32. The van der Waals surface area contributed by atoms with Crippen LogP contribution in [0.1, 0.15) is 28.3 Å². The van der Waals surface area contributed by atoms with Gasteiger partial charge in [0.05, 0.1) is 28.8 Å². The lowest BCUT2D eigenvalue weighted by Crippen LogP contribution is -2.29. The first kappa shape index (κ1) is 22.8. The topological polar surface area (TPSA) is 79.7 Å². The predicted molar refractivity (Wildman–Crippen MR) is 126 cm³/mol. The Hall–Kier alpha value is -3.35. The number of likely N-dealkylation sites (tertiary alicyclic amines) is 1. The van der Waals surface area contributed by atoms with E-state index in [0.29, 0.717) is 21.9 Å². The van der Waals surface area contributed by atoms with Gasteiger partial charge in [0.25, 0.3) is 11.7 Å². The van der Waals surface area contributed by atoms with Crippen LogP contribution < -0.4 is 4.74 Å².